The molecule has 24 heavy (non-hydrogen) atoms. The summed E-state index contributed by atoms with van der Waals surface area (Å²) in [5.41, 5.74) is 0.954. The van der Waals surface area contributed by atoms with Gasteiger partial charge in [0.05, 0.1) is 10.7 Å². The Morgan fingerprint density at radius 3 is 2.54 bits per heavy atom. The van der Waals surface area contributed by atoms with Gasteiger partial charge in [-0.15, -0.1) is 0 Å². The lowest BCUT2D eigenvalue weighted by Crippen LogP contribution is -2.20. The van der Waals surface area contributed by atoms with Crippen molar-refractivity contribution in [3.05, 3.63) is 70.0 Å². The van der Waals surface area contributed by atoms with Crippen molar-refractivity contribution in [2.75, 3.05) is 11.9 Å². The Hall–Kier alpha value is -2.37. The molecule has 0 aliphatic heterocycles. The third kappa shape index (κ3) is 5.68. The summed E-state index contributed by atoms with van der Waals surface area (Å²) in [5, 5.41) is 3.21. The highest BCUT2D eigenvalue weighted by Crippen LogP contribution is 2.25. The molecule has 0 atom stereocenters. The van der Waals surface area contributed by atoms with E-state index in [4.69, 9.17) is 27.9 Å². The molecular weight excluding hydrogens is 356 g/mol. The van der Waals surface area contributed by atoms with Crippen molar-refractivity contribution in [3.63, 3.8) is 0 Å². The van der Waals surface area contributed by atoms with Gasteiger partial charge >= 0.3 is 5.97 Å². The van der Waals surface area contributed by atoms with Crippen molar-refractivity contribution >= 4 is 46.8 Å². The highest BCUT2D eigenvalue weighted by molar-refractivity contribution is 6.35. The predicted octanol–water partition coefficient (Wildman–Crippen LogP) is 4.33. The second-order valence-corrected chi connectivity index (χ2v) is 5.51. The average Bonchev–Trinajstić information content (AvgIpc) is 2.56. The summed E-state index contributed by atoms with van der Waals surface area (Å²) in [5.74, 6) is -1.62. The number of hydrogen-bond acceptors (Lipinski definition) is 3. The maximum absolute atomic E-state index is 12.7. The van der Waals surface area contributed by atoms with Gasteiger partial charge in [0.1, 0.15) is 5.82 Å². The van der Waals surface area contributed by atoms with Crippen LogP contribution in [0.3, 0.4) is 0 Å². The number of anilines is 1. The molecule has 0 saturated carbocycles. The number of carbonyl (C=O) groups excluding carboxylic acids is 2. The molecule has 0 saturated heterocycles. The zero-order valence-corrected chi connectivity index (χ0v) is 13.8. The van der Waals surface area contributed by atoms with Crippen LogP contribution in [-0.2, 0) is 14.3 Å². The molecule has 2 aromatic rings. The fraction of sp³-hybridized carbons (Fsp3) is 0.0588. The second-order valence-electron chi connectivity index (χ2n) is 4.66. The standard InChI is InChI=1S/C17H12Cl2FNO3/c18-12-4-7-14(19)15(9-12)21-16(22)10-24-17(23)8-3-11-1-5-13(20)6-2-11/h1-9H,10H2,(H,21,22). The first-order chi connectivity index (χ1) is 11.4. The lowest BCUT2D eigenvalue weighted by molar-refractivity contribution is -0.142. The van der Waals surface area contributed by atoms with E-state index in [-0.39, 0.29) is 5.82 Å². The number of esters is 1. The Kier molecular flexibility index (Phi) is 6.35. The Morgan fingerprint density at radius 2 is 1.83 bits per heavy atom. The number of hydrogen-bond donors (Lipinski definition) is 1. The van der Waals surface area contributed by atoms with Gasteiger partial charge in [-0.25, -0.2) is 9.18 Å². The summed E-state index contributed by atoms with van der Waals surface area (Å²) < 4.78 is 17.6. The fourth-order valence-electron chi connectivity index (χ4n) is 1.70. The highest BCUT2D eigenvalue weighted by atomic mass is 35.5. The summed E-state index contributed by atoms with van der Waals surface area (Å²) in [7, 11) is 0. The zero-order chi connectivity index (χ0) is 17.5. The van der Waals surface area contributed by atoms with Gasteiger partial charge in [-0.1, -0.05) is 35.3 Å². The molecule has 0 fully saturated rings. The Morgan fingerprint density at radius 1 is 1.12 bits per heavy atom. The molecule has 0 heterocycles. The monoisotopic (exact) mass is 367 g/mol. The van der Waals surface area contributed by atoms with Gasteiger partial charge in [0.2, 0.25) is 0 Å². The number of amides is 1. The summed E-state index contributed by atoms with van der Waals surface area (Å²) in [6.45, 7) is -0.477. The van der Waals surface area contributed by atoms with E-state index in [1.54, 1.807) is 6.07 Å². The van der Waals surface area contributed by atoms with E-state index in [1.165, 1.54) is 42.5 Å². The molecule has 0 unspecified atom stereocenters. The van der Waals surface area contributed by atoms with E-state index in [1.807, 2.05) is 0 Å². The summed E-state index contributed by atoms with van der Waals surface area (Å²) in [4.78, 5) is 23.3. The van der Waals surface area contributed by atoms with Crippen LogP contribution in [0.5, 0.6) is 0 Å². The average molecular weight is 368 g/mol. The molecule has 1 N–H and O–H groups in total. The van der Waals surface area contributed by atoms with Gasteiger partial charge in [-0.2, -0.15) is 0 Å². The summed E-state index contributed by atoms with van der Waals surface area (Å²) in [6, 6.07) is 10.2. The van der Waals surface area contributed by atoms with E-state index in [0.29, 0.717) is 21.3 Å². The zero-order valence-electron chi connectivity index (χ0n) is 12.3. The quantitative estimate of drug-likeness (QED) is 0.632. The van der Waals surface area contributed by atoms with Crippen molar-refractivity contribution in [3.8, 4) is 0 Å². The number of rotatable bonds is 5. The lowest BCUT2D eigenvalue weighted by atomic mass is 10.2. The topological polar surface area (TPSA) is 55.4 Å². The van der Waals surface area contributed by atoms with Gasteiger partial charge in [0.15, 0.2) is 6.61 Å². The summed E-state index contributed by atoms with van der Waals surface area (Å²) in [6.07, 6.45) is 2.60. The lowest BCUT2D eigenvalue weighted by Gasteiger charge is -2.07. The molecule has 0 aromatic heterocycles. The van der Waals surface area contributed by atoms with Crippen molar-refractivity contribution in [2.24, 2.45) is 0 Å². The molecule has 0 spiro atoms. The first kappa shape index (κ1) is 18.0. The molecule has 2 aromatic carbocycles. The Balaban J connectivity index is 1.83. The van der Waals surface area contributed by atoms with Gasteiger partial charge in [0, 0.05) is 11.1 Å². The molecule has 2 rings (SSSR count). The number of benzene rings is 2. The van der Waals surface area contributed by atoms with Crippen LogP contribution in [-0.4, -0.2) is 18.5 Å². The van der Waals surface area contributed by atoms with Gasteiger partial charge < -0.3 is 10.1 Å². The third-order valence-electron chi connectivity index (χ3n) is 2.83. The van der Waals surface area contributed by atoms with Crippen LogP contribution < -0.4 is 5.32 Å². The SMILES string of the molecule is O=C(COC(=O)C=Cc1ccc(F)cc1)Nc1cc(Cl)ccc1Cl. The molecule has 1 amide bonds. The minimum absolute atomic E-state index is 0.315. The van der Waals surface area contributed by atoms with Crippen LogP contribution >= 0.6 is 23.2 Å². The van der Waals surface area contributed by atoms with Crippen LogP contribution in [0, 0.1) is 5.82 Å². The van der Waals surface area contributed by atoms with Crippen LogP contribution in [0.15, 0.2) is 48.5 Å². The van der Waals surface area contributed by atoms with Gasteiger partial charge in [-0.3, -0.25) is 4.79 Å². The third-order valence-corrected chi connectivity index (χ3v) is 3.39. The van der Waals surface area contributed by atoms with Crippen LogP contribution in [0.1, 0.15) is 5.56 Å². The molecule has 124 valence electrons. The van der Waals surface area contributed by atoms with Gasteiger partial charge in [0.25, 0.3) is 5.91 Å². The molecule has 0 aliphatic rings. The first-order valence-corrected chi connectivity index (χ1v) is 7.55. The molecule has 0 radical (unpaired) electrons. The highest BCUT2D eigenvalue weighted by Gasteiger charge is 2.08. The van der Waals surface area contributed by atoms with Crippen molar-refractivity contribution in [1.82, 2.24) is 0 Å². The smallest absolute Gasteiger partial charge is 0.331 e. The van der Waals surface area contributed by atoms with Gasteiger partial charge in [-0.05, 0) is 42.0 Å². The minimum atomic E-state index is -0.702. The largest absolute Gasteiger partial charge is 0.452 e. The fourth-order valence-corrected chi connectivity index (χ4v) is 2.04. The maximum Gasteiger partial charge on any atom is 0.331 e. The molecule has 0 bridgehead atoms. The molecule has 4 nitrogen and oxygen atoms in total. The molecular formula is C17H12Cl2FNO3. The summed E-state index contributed by atoms with van der Waals surface area (Å²) >= 11 is 11.7. The van der Waals surface area contributed by atoms with Crippen molar-refractivity contribution in [2.45, 2.75) is 0 Å². The van der Waals surface area contributed by atoms with E-state index < -0.39 is 18.5 Å². The molecule has 7 heteroatoms. The normalized spacial score (nSPS) is 10.6. The number of halogens is 3. The Bertz CT molecular complexity index is 776. The number of nitrogens with one attached hydrogen (secondary N) is 1. The molecule has 0 aliphatic carbocycles. The Labute approximate surface area is 147 Å². The second kappa shape index (κ2) is 8.47. The van der Waals surface area contributed by atoms with Crippen LogP contribution in [0.4, 0.5) is 10.1 Å². The maximum atomic E-state index is 12.7. The van der Waals surface area contributed by atoms with Crippen molar-refractivity contribution in [1.29, 1.82) is 0 Å². The van der Waals surface area contributed by atoms with E-state index in [9.17, 15) is 14.0 Å². The first-order valence-electron chi connectivity index (χ1n) is 6.79. The number of carbonyl (C=O) groups is 2. The van der Waals surface area contributed by atoms with Crippen LogP contribution in [0.25, 0.3) is 6.08 Å². The number of ether oxygens (including phenoxy) is 1. The van der Waals surface area contributed by atoms with Crippen molar-refractivity contribution < 1.29 is 18.7 Å². The minimum Gasteiger partial charge on any atom is -0.452 e. The predicted molar refractivity (Wildman–Crippen MR) is 91.5 cm³/mol. The van der Waals surface area contributed by atoms with Crippen LogP contribution in [0.2, 0.25) is 10.0 Å². The van der Waals surface area contributed by atoms with E-state index >= 15 is 0 Å². The van der Waals surface area contributed by atoms with E-state index in [0.717, 1.165) is 6.08 Å². The van der Waals surface area contributed by atoms with E-state index in [2.05, 4.69) is 5.32 Å².